The Balaban J connectivity index is 1.36. The van der Waals surface area contributed by atoms with Crippen LogP contribution >= 0.6 is 0 Å². The summed E-state index contributed by atoms with van der Waals surface area (Å²) >= 11 is 0. The van der Waals surface area contributed by atoms with Crippen molar-refractivity contribution in [2.45, 2.75) is 26.7 Å². The number of ether oxygens (including phenoxy) is 2. The number of carbonyl (C=O) groups excluding carboxylic acids is 3. The highest BCUT2D eigenvalue weighted by atomic mass is 16.5. The maximum atomic E-state index is 12.1. The molecule has 170 valence electrons. The first-order valence-corrected chi connectivity index (χ1v) is 10.5. The zero-order valence-electron chi connectivity index (χ0n) is 18.6. The lowest BCUT2D eigenvalue weighted by Crippen LogP contribution is -2.21. The summed E-state index contributed by atoms with van der Waals surface area (Å²) in [6.45, 7) is 3.46. The fourth-order valence-corrected chi connectivity index (χ4v) is 3.13. The Labute approximate surface area is 192 Å². The Morgan fingerprint density at radius 1 is 0.697 bits per heavy atom. The molecule has 0 bridgehead atoms. The Morgan fingerprint density at radius 2 is 1.30 bits per heavy atom. The van der Waals surface area contributed by atoms with E-state index in [4.69, 9.17) is 9.47 Å². The molecule has 0 heterocycles. The molecule has 0 fully saturated rings. The molecule has 0 aliphatic rings. The third kappa shape index (κ3) is 8.14. The van der Waals surface area contributed by atoms with E-state index in [9.17, 15) is 14.4 Å². The second-order valence-corrected chi connectivity index (χ2v) is 7.57. The van der Waals surface area contributed by atoms with Gasteiger partial charge in [0, 0.05) is 17.8 Å². The normalized spacial score (nSPS) is 10.2. The zero-order chi connectivity index (χ0) is 23.6. The quantitative estimate of drug-likeness (QED) is 0.451. The van der Waals surface area contributed by atoms with Gasteiger partial charge in [-0.25, -0.2) is 0 Å². The molecule has 0 aromatic heterocycles. The number of hydrogen-bond donors (Lipinski definition) is 2. The van der Waals surface area contributed by atoms with Crippen molar-refractivity contribution in [1.29, 1.82) is 0 Å². The van der Waals surface area contributed by atoms with Gasteiger partial charge in [0.05, 0.1) is 6.42 Å². The molecule has 0 saturated carbocycles. The molecule has 33 heavy (non-hydrogen) atoms. The number of rotatable bonds is 9. The standard InChI is InChI=1S/C26H26N2O5/c1-18-14-19(2)16-21(15-18)28-25(30)17-32-26(31)13-12-24(29)27-20-8-10-23(11-9-20)33-22-6-4-3-5-7-22/h3-11,14-16H,12-13,17H2,1-2H3,(H,27,29)(H,28,30). The number of amides is 2. The monoisotopic (exact) mass is 446 g/mol. The van der Waals surface area contributed by atoms with Gasteiger partial charge in [-0.1, -0.05) is 24.3 Å². The summed E-state index contributed by atoms with van der Waals surface area (Å²) < 4.78 is 10.7. The average molecular weight is 447 g/mol. The van der Waals surface area contributed by atoms with E-state index >= 15 is 0 Å². The third-order valence-electron chi connectivity index (χ3n) is 4.54. The number of aryl methyl sites for hydroxylation is 2. The number of para-hydroxylation sites is 1. The molecular weight excluding hydrogens is 420 g/mol. The van der Waals surface area contributed by atoms with Crippen LogP contribution < -0.4 is 15.4 Å². The topological polar surface area (TPSA) is 93.7 Å². The van der Waals surface area contributed by atoms with Crippen LogP contribution in [0.25, 0.3) is 0 Å². The van der Waals surface area contributed by atoms with Gasteiger partial charge >= 0.3 is 5.97 Å². The van der Waals surface area contributed by atoms with Crippen molar-refractivity contribution in [2.24, 2.45) is 0 Å². The predicted molar refractivity (Wildman–Crippen MR) is 126 cm³/mol. The molecule has 0 unspecified atom stereocenters. The van der Waals surface area contributed by atoms with Crippen LogP contribution in [0.5, 0.6) is 11.5 Å². The Hall–Kier alpha value is -4.13. The van der Waals surface area contributed by atoms with Gasteiger partial charge in [0.15, 0.2) is 6.61 Å². The van der Waals surface area contributed by atoms with Crippen LogP contribution in [-0.4, -0.2) is 24.4 Å². The molecule has 0 saturated heterocycles. The van der Waals surface area contributed by atoms with Crippen molar-refractivity contribution in [2.75, 3.05) is 17.2 Å². The van der Waals surface area contributed by atoms with Crippen molar-refractivity contribution < 1.29 is 23.9 Å². The number of nitrogens with one attached hydrogen (secondary N) is 2. The summed E-state index contributed by atoms with van der Waals surface area (Å²) in [5, 5.41) is 5.41. The summed E-state index contributed by atoms with van der Waals surface area (Å²) in [4.78, 5) is 36.0. The summed E-state index contributed by atoms with van der Waals surface area (Å²) in [6, 6.07) is 21.9. The molecule has 0 atom stereocenters. The smallest absolute Gasteiger partial charge is 0.306 e. The molecule has 3 aromatic rings. The van der Waals surface area contributed by atoms with Crippen molar-refractivity contribution in [1.82, 2.24) is 0 Å². The van der Waals surface area contributed by atoms with Crippen LogP contribution in [-0.2, 0) is 19.1 Å². The lowest BCUT2D eigenvalue weighted by atomic mass is 10.1. The maximum absolute atomic E-state index is 12.1. The average Bonchev–Trinajstić information content (AvgIpc) is 2.77. The van der Waals surface area contributed by atoms with Gasteiger partial charge < -0.3 is 20.1 Å². The number of anilines is 2. The van der Waals surface area contributed by atoms with Crippen LogP contribution in [0.1, 0.15) is 24.0 Å². The van der Waals surface area contributed by atoms with Crippen LogP contribution in [0.3, 0.4) is 0 Å². The van der Waals surface area contributed by atoms with Crippen molar-refractivity contribution in [3.63, 3.8) is 0 Å². The summed E-state index contributed by atoms with van der Waals surface area (Å²) in [5.41, 5.74) is 3.27. The van der Waals surface area contributed by atoms with Crippen LogP contribution in [0.15, 0.2) is 72.8 Å². The highest BCUT2D eigenvalue weighted by molar-refractivity contribution is 5.94. The van der Waals surface area contributed by atoms with Gasteiger partial charge in [-0.05, 0) is 73.5 Å². The highest BCUT2D eigenvalue weighted by Gasteiger charge is 2.11. The first-order chi connectivity index (χ1) is 15.9. The first-order valence-electron chi connectivity index (χ1n) is 10.5. The number of esters is 1. The number of hydrogen-bond acceptors (Lipinski definition) is 5. The fraction of sp³-hybridized carbons (Fsp3) is 0.192. The Bertz CT molecular complexity index is 1090. The van der Waals surface area contributed by atoms with Crippen LogP contribution in [0.2, 0.25) is 0 Å². The van der Waals surface area contributed by atoms with E-state index in [1.54, 1.807) is 24.3 Å². The van der Waals surface area contributed by atoms with E-state index in [-0.39, 0.29) is 18.7 Å². The molecule has 0 spiro atoms. The SMILES string of the molecule is Cc1cc(C)cc(NC(=O)COC(=O)CCC(=O)Nc2ccc(Oc3ccccc3)cc2)c1. The summed E-state index contributed by atoms with van der Waals surface area (Å²) in [7, 11) is 0. The lowest BCUT2D eigenvalue weighted by molar-refractivity contribution is -0.147. The van der Waals surface area contributed by atoms with Gasteiger partial charge in [0.25, 0.3) is 5.91 Å². The molecule has 3 aromatic carbocycles. The number of benzene rings is 3. The molecule has 0 radical (unpaired) electrons. The van der Waals surface area contributed by atoms with E-state index in [1.807, 2.05) is 62.4 Å². The van der Waals surface area contributed by atoms with Crippen molar-refractivity contribution in [3.05, 3.63) is 83.9 Å². The largest absolute Gasteiger partial charge is 0.457 e. The van der Waals surface area contributed by atoms with Gasteiger partial charge in [0.2, 0.25) is 5.91 Å². The Morgan fingerprint density at radius 3 is 1.97 bits per heavy atom. The van der Waals surface area contributed by atoms with Crippen LogP contribution in [0.4, 0.5) is 11.4 Å². The molecule has 7 heteroatoms. The van der Waals surface area contributed by atoms with Crippen molar-refractivity contribution >= 4 is 29.2 Å². The third-order valence-corrected chi connectivity index (χ3v) is 4.54. The summed E-state index contributed by atoms with van der Waals surface area (Å²) in [5.74, 6) is -0.0244. The molecule has 2 amide bonds. The van der Waals surface area contributed by atoms with Crippen LogP contribution in [0, 0.1) is 13.8 Å². The van der Waals surface area contributed by atoms with Crippen molar-refractivity contribution in [3.8, 4) is 11.5 Å². The minimum atomic E-state index is -0.618. The maximum Gasteiger partial charge on any atom is 0.306 e. The minimum absolute atomic E-state index is 0.0558. The molecule has 0 aliphatic carbocycles. The molecular formula is C26H26N2O5. The predicted octanol–water partition coefficient (Wildman–Crippen LogP) is 5.00. The first kappa shape index (κ1) is 23.5. The van der Waals surface area contributed by atoms with Gasteiger partial charge in [-0.2, -0.15) is 0 Å². The molecule has 3 rings (SSSR count). The minimum Gasteiger partial charge on any atom is -0.457 e. The number of carbonyl (C=O) groups is 3. The van der Waals surface area contributed by atoms with Gasteiger partial charge in [-0.3, -0.25) is 14.4 Å². The Kier molecular flexibility index (Phi) is 8.18. The lowest BCUT2D eigenvalue weighted by Gasteiger charge is -2.09. The van der Waals surface area contributed by atoms with E-state index in [0.717, 1.165) is 16.9 Å². The van der Waals surface area contributed by atoms with E-state index in [0.29, 0.717) is 17.1 Å². The van der Waals surface area contributed by atoms with E-state index in [2.05, 4.69) is 10.6 Å². The molecule has 0 aliphatic heterocycles. The molecule has 2 N–H and O–H groups in total. The molecule has 7 nitrogen and oxygen atoms in total. The van der Waals surface area contributed by atoms with Gasteiger partial charge in [0.1, 0.15) is 11.5 Å². The van der Waals surface area contributed by atoms with E-state index < -0.39 is 18.5 Å². The second kappa shape index (κ2) is 11.5. The second-order valence-electron chi connectivity index (χ2n) is 7.57. The van der Waals surface area contributed by atoms with Gasteiger partial charge in [-0.15, -0.1) is 0 Å². The zero-order valence-corrected chi connectivity index (χ0v) is 18.6. The summed E-state index contributed by atoms with van der Waals surface area (Å²) in [6.07, 6.45) is -0.183. The fourth-order valence-electron chi connectivity index (χ4n) is 3.13. The van der Waals surface area contributed by atoms with E-state index in [1.165, 1.54) is 0 Å². The highest BCUT2D eigenvalue weighted by Crippen LogP contribution is 2.22.